The van der Waals surface area contributed by atoms with Crippen LogP contribution < -0.4 is 11.1 Å². The van der Waals surface area contributed by atoms with Crippen molar-refractivity contribution in [2.75, 3.05) is 20.3 Å². The Morgan fingerprint density at radius 2 is 2.29 bits per heavy atom. The summed E-state index contributed by atoms with van der Waals surface area (Å²) in [5, 5.41) is 7.47. The number of primary amides is 1. The summed E-state index contributed by atoms with van der Waals surface area (Å²) < 4.78 is 6.65. The van der Waals surface area contributed by atoms with E-state index in [1.54, 1.807) is 18.0 Å². The van der Waals surface area contributed by atoms with E-state index in [4.69, 9.17) is 10.5 Å². The van der Waals surface area contributed by atoms with Crippen LogP contribution >= 0.6 is 0 Å². The molecule has 0 aliphatic carbocycles. The molecule has 2 rings (SSSR count). The number of nitrogens with zero attached hydrogens (tertiary/aromatic N) is 2. The summed E-state index contributed by atoms with van der Waals surface area (Å²) in [5.74, 6) is -0.474. The van der Waals surface area contributed by atoms with Gasteiger partial charge in [0, 0.05) is 26.4 Å². The molecule has 0 saturated carbocycles. The van der Waals surface area contributed by atoms with Crippen molar-refractivity contribution < 1.29 is 9.53 Å². The third-order valence-electron chi connectivity index (χ3n) is 3.19. The van der Waals surface area contributed by atoms with Crippen LogP contribution in [0.15, 0.2) is 30.6 Å². The van der Waals surface area contributed by atoms with Gasteiger partial charge < -0.3 is 15.8 Å². The summed E-state index contributed by atoms with van der Waals surface area (Å²) in [7, 11) is 1.69. The number of amides is 1. The summed E-state index contributed by atoms with van der Waals surface area (Å²) >= 11 is 0. The Kier molecular flexibility index (Phi) is 5.08. The van der Waals surface area contributed by atoms with Gasteiger partial charge >= 0.3 is 0 Å². The number of nitrogens with two attached hydrogens (primary N) is 1. The van der Waals surface area contributed by atoms with Crippen molar-refractivity contribution in [2.45, 2.75) is 13.5 Å². The fourth-order valence-electron chi connectivity index (χ4n) is 2.07. The van der Waals surface area contributed by atoms with Crippen LogP contribution in [0.1, 0.15) is 21.5 Å². The van der Waals surface area contributed by atoms with E-state index in [1.165, 1.54) is 11.8 Å². The van der Waals surface area contributed by atoms with Crippen LogP contribution in [0, 0.1) is 6.92 Å². The Bertz CT molecular complexity index is 622. The van der Waals surface area contributed by atoms with Crippen molar-refractivity contribution in [3.05, 3.63) is 47.3 Å². The largest absolute Gasteiger partial charge is 0.383 e. The second-order valence-corrected chi connectivity index (χ2v) is 4.83. The molecule has 1 amide bonds. The summed E-state index contributed by atoms with van der Waals surface area (Å²) in [5.41, 5.74) is 8.84. The molecule has 0 aliphatic rings. The van der Waals surface area contributed by atoms with Gasteiger partial charge in [0.15, 0.2) is 0 Å². The highest BCUT2D eigenvalue weighted by Crippen LogP contribution is 2.16. The fourth-order valence-corrected chi connectivity index (χ4v) is 2.07. The van der Waals surface area contributed by atoms with Crippen molar-refractivity contribution in [2.24, 2.45) is 5.73 Å². The van der Waals surface area contributed by atoms with E-state index in [-0.39, 0.29) is 0 Å². The van der Waals surface area contributed by atoms with Gasteiger partial charge in [-0.15, -0.1) is 0 Å². The van der Waals surface area contributed by atoms with Crippen molar-refractivity contribution in [3.8, 4) is 5.69 Å². The van der Waals surface area contributed by atoms with Crippen molar-refractivity contribution in [3.63, 3.8) is 0 Å². The van der Waals surface area contributed by atoms with Crippen LogP contribution in [-0.2, 0) is 11.3 Å². The first-order valence-electron chi connectivity index (χ1n) is 6.76. The smallest absolute Gasteiger partial charge is 0.251 e. The molecule has 0 fully saturated rings. The van der Waals surface area contributed by atoms with Gasteiger partial charge in [-0.25, -0.2) is 4.68 Å². The highest BCUT2D eigenvalue weighted by Gasteiger charge is 2.07. The molecule has 0 bridgehead atoms. The predicted molar refractivity (Wildman–Crippen MR) is 80.4 cm³/mol. The van der Waals surface area contributed by atoms with E-state index in [0.717, 1.165) is 24.3 Å². The molecule has 1 heterocycles. The third kappa shape index (κ3) is 3.90. The van der Waals surface area contributed by atoms with Crippen LogP contribution in [0.5, 0.6) is 0 Å². The molecule has 21 heavy (non-hydrogen) atoms. The zero-order chi connectivity index (χ0) is 15.2. The van der Waals surface area contributed by atoms with Crippen LogP contribution in [-0.4, -0.2) is 35.9 Å². The van der Waals surface area contributed by atoms with E-state index in [2.05, 4.69) is 16.5 Å². The second kappa shape index (κ2) is 7.01. The normalized spacial score (nSPS) is 10.8. The van der Waals surface area contributed by atoms with E-state index < -0.39 is 5.91 Å². The van der Waals surface area contributed by atoms with Crippen LogP contribution in [0.2, 0.25) is 0 Å². The molecule has 6 nitrogen and oxygen atoms in total. The molecule has 1 aromatic heterocycles. The highest BCUT2D eigenvalue weighted by atomic mass is 16.5. The standard InChI is InChI=1S/C15H20N4O2/c1-11-7-12(8-17-5-6-21-2)3-4-14(11)19-10-13(9-18-19)15(16)20/h3-4,7,9-10,17H,5-6,8H2,1-2H3,(H2,16,20). The van der Waals surface area contributed by atoms with Gasteiger partial charge in [-0.2, -0.15) is 5.10 Å². The quantitative estimate of drug-likeness (QED) is 0.745. The maximum atomic E-state index is 11.1. The van der Waals surface area contributed by atoms with Crippen LogP contribution in [0.25, 0.3) is 5.69 Å². The predicted octanol–water partition coefficient (Wildman–Crippen LogP) is 1.02. The average molecular weight is 288 g/mol. The van der Waals surface area contributed by atoms with Gasteiger partial charge in [-0.05, 0) is 24.1 Å². The number of carbonyl (C=O) groups is 1. The Hall–Kier alpha value is -2.18. The maximum Gasteiger partial charge on any atom is 0.251 e. The number of hydrogen-bond acceptors (Lipinski definition) is 4. The fraction of sp³-hybridized carbons (Fsp3) is 0.333. The topological polar surface area (TPSA) is 82.2 Å². The molecular formula is C15H20N4O2. The third-order valence-corrected chi connectivity index (χ3v) is 3.19. The maximum absolute atomic E-state index is 11.1. The Morgan fingerprint density at radius 1 is 1.48 bits per heavy atom. The molecule has 1 aromatic carbocycles. The van der Waals surface area contributed by atoms with Gasteiger partial charge in [-0.1, -0.05) is 12.1 Å². The first kappa shape index (κ1) is 15.2. The van der Waals surface area contributed by atoms with E-state index in [9.17, 15) is 4.79 Å². The lowest BCUT2D eigenvalue weighted by Crippen LogP contribution is -2.18. The first-order valence-corrected chi connectivity index (χ1v) is 6.76. The molecule has 0 aliphatic heterocycles. The monoisotopic (exact) mass is 288 g/mol. The van der Waals surface area contributed by atoms with Gasteiger partial charge in [0.1, 0.15) is 0 Å². The molecule has 6 heteroatoms. The van der Waals surface area contributed by atoms with Gasteiger partial charge in [0.2, 0.25) is 0 Å². The zero-order valence-corrected chi connectivity index (χ0v) is 12.3. The first-order chi connectivity index (χ1) is 10.1. The highest BCUT2D eigenvalue weighted by molar-refractivity contribution is 5.92. The van der Waals surface area contributed by atoms with Crippen molar-refractivity contribution in [1.82, 2.24) is 15.1 Å². The molecule has 0 unspecified atom stereocenters. The minimum atomic E-state index is -0.474. The number of ether oxygens (including phenoxy) is 1. The lowest BCUT2D eigenvalue weighted by Gasteiger charge is -2.09. The summed E-state index contributed by atoms with van der Waals surface area (Å²) in [6.07, 6.45) is 3.11. The summed E-state index contributed by atoms with van der Waals surface area (Å²) in [6, 6.07) is 6.12. The molecule has 2 aromatic rings. The van der Waals surface area contributed by atoms with E-state index >= 15 is 0 Å². The lowest BCUT2D eigenvalue weighted by atomic mass is 10.1. The number of rotatable bonds is 7. The number of aryl methyl sites for hydroxylation is 1. The number of hydrogen-bond donors (Lipinski definition) is 2. The minimum Gasteiger partial charge on any atom is -0.383 e. The van der Waals surface area contributed by atoms with Gasteiger partial charge in [0.25, 0.3) is 5.91 Å². The average Bonchev–Trinajstić information content (AvgIpc) is 2.93. The zero-order valence-electron chi connectivity index (χ0n) is 12.3. The SMILES string of the molecule is COCCNCc1ccc(-n2cc(C(N)=O)cn2)c(C)c1. The molecule has 0 radical (unpaired) electrons. The van der Waals surface area contributed by atoms with Crippen LogP contribution in [0.4, 0.5) is 0 Å². The Labute approximate surface area is 123 Å². The molecular weight excluding hydrogens is 268 g/mol. The number of carbonyl (C=O) groups excluding carboxylic acids is 1. The molecule has 112 valence electrons. The number of methoxy groups -OCH3 is 1. The minimum absolute atomic E-state index is 0.403. The van der Waals surface area contributed by atoms with Crippen LogP contribution in [0.3, 0.4) is 0 Å². The number of benzene rings is 1. The van der Waals surface area contributed by atoms with Gasteiger partial charge in [0.05, 0.1) is 24.1 Å². The molecule has 0 saturated heterocycles. The summed E-state index contributed by atoms with van der Waals surface area (Å²) in [6.45, 7) is 4.31. The lowest BCUT2D eigenvalue weighted by molar-refractivity contribution is 0.100. The number of nitrogens with one attached hydrogen (secondary N) is 1. The molecule has 3 N–H and O–H groups in total. The molecule has 0 atom stereocenters. The second-order valence-electron chi connectivity index (χ2n) is 4.83. The van der Waals surface area contributed by atoms with E-state index in [1.807, 2.05) is 19.1 Å². The van der Waals surface area contributed by atoms with Crippen molar-refractivity contribution in [1.29, 1.82) is 0 Å². The van der Waals surface area contributed by atoms with Crippen molar-refractivity contribution >= 4 is 5.91 Å². The Morgan fingerprint density at radius 3 is 2.90 bits per heavy atom. The number of aromatic nitrogens is 2. The summed E-state index contributed by atoms with van der Waals surface area (Å²) in [4.78, 5) is 11.1. The molecule has 0 spiro atoms. The Balaban J connectivity index is 2.09. The van der Waals surface area contributed by atoms with Gasteiger partial charge in [-0.3, -0.25) is 4.79 Å². The van der Waals surface area contributed by atoms with E-state index in [0.29, 0.717) is 12.2 Å².